The van der Waals surface area contributed by atoms with Crippen molar-refractivity contribution < 1.29 is 10.0 Å². The van der Waals surface area contributed by atoms with Gasteiger partial charge in [0, 0.05) is 0 Å². The van der Waals surface area contributed by atoms with E-state index in [1.54, 1.807) is 0 Å². The summed E-state index contributed by atoms with van der Waals surface area (Å²) in [6.07, 6.45) is 6.35. The van der Waals surface area contributed by atoms with Gasteiger partial charge in [-0.1, -0.05) is 117 Å². The zero-order chi connectivity index (χ0) is 19.4. The van der Waals surface area contributed by atoms with E-state index < -0.39 is 15.2 Å². The lowest BCUT2D eigenvalue weighted by Crippen LogP contribution is -2.70. The predicted molar refractivity (Wildman–Crippen MR) is 121 cm³/mol. The summed E-state index contributed by atoms with van der Waals surface area (Å²) < 4.78 is 0. The first-order valence-corrected chi connectivity index (χ1v) is 12.4. The third kappa shape index (κ3) is 3.48. The molecule has 3 aromatic rings. The standard InChI is InChI=1S/C24H27BO2Si/c26-25(27)20-11-10-18-24(19-20)28(21-12-4-1-5-13-21,22-14-6-2-7-15-22)23-16-8-3-9-17-23/h1-2,4-7,10-15,18-19,23,26-27H,3,8-9,16-17H2. The molecule has 0 spiro atoms. The fourth-order valence-corrected chi connectivity index (χ4v) is 11.0. The van der Waals surface area contributed by atoms with Crippen LogP contribution in [-0.4, -0.2) is 25.2 Å². The smallest absolute Gasteiger partial charge is 0.423 e. The number of rotatable bonds is 5. The highest BCUT2D eigenvalue weighted by molar-refractivity contribution is 7.12. The van der Waals surface area contributed by atoms with E-state index in [1.165, 1.54) is 47.7 Å². The van der Waals surface area contributed by atoms with Crippen LogP contribution in [-0.2, 0) is 0 Å². The van der Waals surface area contributed by atoms with Gasteiger partial charge in [-0.15, -0.1) is 0 Å². The van der Waals surface area contributed by atoms with E-state index in [9.17, 15) is 10.0 Å². The third-order valence-electron chi connectivity index (χ3n) is 6.32. The van der Waals surface area contributed by atoms with Crippen molar-refractivity contribution in [1.82, 2.24) is 0 Å². The Kier molecular flexibility index (Phi) is 5.81. The Bertz CT molecular complexity index is 853. The fourth-order valence-electron chi connectivity index (χ4n) is 5.09. The topological polar surface area (TPSA) is 40.5 Å². The van der Waals surface area contributed by atoms with Crippen LogP contribution in [0.25, 0.3) is 0 Å². The number of hydrogen-bond acceptors (Lipinski definition) is 2. The van der Waals surface area contributed by atoms with Gasteiger partial charge in [-0.3, -0.25) is 0 Å². The first-order chi connectivity index (χ1) is 13.7. The highest BCUT2D eigenvalue weighted by Crippen LogP contribution is 2.36. The molecule has 0 unspecified atom stereocenters. The van der Waals surface area contributed by atoms with Gasteiger partial charge >= 0.3 is 7.12 Å². The van der Waals surface area contributed by atoms with Gasteiger partial charge in [0.25, 0.3) is 0 Å². The Hall–Kier alpha value is -2.14. The van der Waals surface area contributed by atoms with Crippen molar-refractivity contribution in [2.45, 2.75) is 37.6 Å². The molecule has 142 valence electrons. The predicted octanol–water partition coefficient (Wildman–Crippen LogP) is 2.17. The Balaban J connectivity index is 2.02. The van der Waals surface area contributed by atoms with Crippen LogP contribution < -0.4 is 21.0 Å². The lowest BCUT2D eigenvalue weighted by Gasteiger charge is -2.42. The largest absolute Gasteiger partial charge is 0.488 e. The molecule has 0 bridgehead atoms. The van der Waals surface area contributed by atoms with Gasteiger partial charge in [-0.25, -0.2) is 0 Å². The molecule has 0 amide bonds. The average molecular weight is 386 g/mol. The van der Waals surface area contributed by atoms with Crippen LogP contribution in [0.4, 0.5) is 0 Å². The van der Waals surface area contributed by atoms with Crippen molar-refractivity contribution in [1.29, 1.82) is 0 Å². The van der Waals surface area contributed by atoms with Gasteiger partial charge < -0.3 is 10.0 Å². The average Bonchev–Trinajstić information content (AvgIpc) is 2.77. The normalized spacial score (nSPS) is 15.4. The Morgan fingerprint density at radius 3 is 1.71 bits per heavy atom. The molecule has 4 heteroatoms. The van der Waals surface area contributed by atoms with Gasteiger partial charge in [0.15, 0.2) is 8.07 Å². The Morgan fingerprint density at radius 1 is 0.643 bits per heavy atom. The molecule has 1 saturated carbocycles. The van der Waals surface area contributed by atoms with Crippen LogP contribution in [0.2, 0.25) is 5.54 Å². The second-order valence-corrected chi connectivity index (χ2v) is 12.0. The molecule has 0 atom stereocenters. The quantitative estimate of drug-likeness (QED) is 0.521. The van der Waals surface area contributed by atoms with Crippen LogP contribution in [0.3, 0.4) is 0 Å². The SMILES string of the molecule is OB(O)c1cccc([Si](c2ccccc2)(c2ccccc2)C2CCCCC2)c1. The molecule has 0 aromatic heterocycles. The Labute approximate surface area is 169 Å². The first kappa shape index (κ1) is 19.2. The minimum atomic E-state index is -2.32. The van der Waals surface area contributed by atoms with Crippen molar-refractivity contribution in [2.75, 3.05) is 0 Å². The number of benzene rings is 3. The molecule has 0 aliphatic heterocycles. The van der Waals surface area contributed by atoms with Gasteiger partial charge in [0.05, 0.1) is 0 Å². The zero-order valence-electron chi connectivity index (χ0n) is 16.2. The molecular formula is C24H27BO2Si. The summed E-state index contributed by atoms with van der Waals surface area (Å²) in [5, 5.41) is 23.8. The van der Waals surface area contributed by atoms with Crippen molar-refractivity contribution >= 4 is 36.2 Å². The molecule has 2 N–H and O–H groups in total. The van der Waals surface area contributed by atoms with E-state index in [-0.39, 0.29) is 0 Å². The van der Waals surface area contributed by atoms with Gasteiger partial charge in [-0.05, 0) is 26.6 Å². The van der Waals surface area contributed by atoms with Crippen LogP contribution in [0.5, 0.6) is 0 Å². The molecule has 3 aromatic carbocycles. The van der Waals surface area contributed by atoms with Gasteiger partial charge in [0.2, 0.25) is 0 Å². The fraction of sp³-hybridized carbons (Fsp3) is 0.250. The zero-order valence-corrected chi connectivity index (χ0v) is 17.2. The summed E-state index contributed by atoms with van der Waals surface area (Å²) in [7, 11) is -3.76. The van der Waals surface area contributed by atoms with Crippen LogP contribution in [0.1, 0.15) is 32.1 Å². The highest BCUT2D eigenvalue weighted by Gasteiger charge is 2.46. The molecule has 2 nitrogen and oxygen atoms in total. The maximum absolute atomic E-state index is 9.84. The maximum atomic E-state index is 9.84. The van der Waals surface area contributed by atoms with Crippen molar-refractivity contribution in [2.24, 2.45) is 0 Å². The van der Waals surface area contributed by atoms with E-state index in [2.05, 4.69) is 66.7 Å². The first-order valence-electron chi connectivity index (χ1n) is 10.3. The van der Waals surface area contributed by atoms with Crippen molar-refractivity contribution in [3.05, 3.63) is 84.9 Å². The summed E-state index contributed by atoms with van der Waals surface area (Å²) in [4.78, 5) is 0. The van der Waals surface area contributed by atoms with Gasteiger partial charge in [0.1, 0.15) is 0 Å². The van der Waals surface area contributed by atoms with E-state index in [4.69, 9.17) is 0 Å². The van der Waals surface area contributed by atoms with Crippen LogP contribution in [0, 0.1) is 0 Å². The van der Waals surface area contributed by atoms with Crippen LogP contribution in [0.15, 0.2) is 84.9 Å². The summed E-state index contributed by atoms with van der Waals surface area (Å²) >= 11 is 0. The highest BCUT2D eigenvalue weighted by atomic mass is 28.3. The minimum Gasteiger partial charge on any atom is -0.423 e. The lowest BCUT2D eigenvalue weighted by molar-refractivity contribution is 0.426. The molecule has 0 radical (unpaired) electrons. The minimum absolute atomic E-state index is 0.581. The Morgan fingerprint density at radius 2 is 1.18 bits per heavy atom. The maximum Gasteiger partial charge on any atom is 0.488 e. The number of hydrogen-bond donors (Lipinski definition) is 2. The van der Waals surface area contributed by atoms with E-state index >= 15 is 0 Å². The van der Waals surface area contributed by atoms with Crippen molar-refractivity contribution in [3.8, 4) is 0 Å². The second-order valence-electron chi connectivity index (χ2n) is 7.87. The summed E-state index contributed by atoms with van der Waals surface area (Å²) in [5.74, 6) is 0. The second kappa shape index (κ2) is 8.48. The van der Waals surface area contributed by atoms with Crippen molar-refractivity contribution in [3.63, 3.8) is 0 Å². The van der Waals surface area contributed by atoms with E-state index in [0.29, 0.717) is 11.0 Å². The van der Waals surface area contributed by atoms with Gasteiger partial charge in [-0.2, -0.15) is 0 Å². The molecule has 0 saturated heterocycles. The molecule has 0 heterocycles. The molecule has 1 fully saturated rings. The summed E-state index contributed by atoms with van der Waals surface area (Å²) in [6, 6.07) is 30.0. The molecular weight excluding hydrogens is 359 g/mol. The molecule has 1 aliphatic carbocycles. The summed E-state index contributed by atoms with van der Waals surface area (Å²) in [6.45, 7) is 0. The molecule has 4 rings (SSSR count). The third-order valence-corrected chi connectivity index (χ3v) is 11.8. The van der Waals surface area contributed by atoms with Crippen LogP contribution >= 0.6 is 0 Å². The lowest BCUT2D eigenvalue weighted by atomic mass is 9.80. The van der Waals surface area contributed by atoms with E-state index in [1.807, 2.05) is 18.2 Å². The van der Waals surface area contributed by atoms with E-state index in [0.717, 1.165) is 0 Å². The summed E-state index contributed by atoms with van der Waals surface area (Å²) in [5.41, 5.74) is 1.19. The molecule has 28 heavy (non-hydrogen) atoms. The monoisotopic (exact) mass is 386 g/mol. The molecule has 1 aliphatic rings.